The van der Waals surface area contributed by atoms with Crippen molar-refractivity contribution in [3.63, 3.8) is 0 Å². The molecule has 0 unspecified atom stereocenters. The highest BCUT2D eigenvalue weighted by atomic mass is 32.2. The van der Waals surface area contributed by atoms with Gasteiger partial charge in [-0.2, -0.15) is 5.10 Å². The second-order valence-corrected chi connectivity index (χ2v) is 9.42. The van der Waals surface area contributed by atoms with Gasteiger partial charge >= 0.3 is 0 Å². The van der Waals surface area contributed by atoms with Gasteiger partial charge in [0.15, 0.2) is 9.84 Å². The van der Waals surface area contributed by atoms with Crippen molar-refractivity contribution in [2.75, 3.05) is 16.8 Å². The summed E-state index contributed by atoms with van der Waals surface area (Å²) in [5.74, 6) is -0.302. The van der Waals surface area contributed by atoms with E-state index in [0.29, 0.717) is 12.3 Å². The summed E-state index contributed by atoms with van der Waals surface area (Å²) in [7, 11) is -3.14. The predicted molar refractivity (Wildman–Crippen MR) is 104 cm³/mol. The molecule has 8 heteroatoms. The Kier molecular flexibility index (Phi) is 5.64. The molecule has 1 aromatic carbocycles. The highest BCUT2D eigenvalue weighted by Crippen LogP contribution is 2.27. The van der Waals surface area contributed by atoms with Crippen LogP contribution in [0.3, 0.4) is 0 Å². The molecule has 0 radical (unpaired) electrons. The van der Waals surface area contributed by atoms with Crippen LogP contribution in [-0.2, 0) is 19.4 Å². The van der Waals surface area contributed by atoms with E-state index in [1.165, 1.54) is 5.01 Å². The third-order valence-electron chi connectivity index (χ3n) is 5.23. The van der Waals surface area contributed by atoms with Crippen molar-refractivity contribution in [3.8, 4) is 0 Å². The van der Waals surface area contributed by atoms with Gasteiger partial charge in [0.25, 0.3) is 5.91 Å². The van der Waals surface area contributed by atoms with E-state index in [1.807, 2.05) is 24.3 Å². The fraction of sp³-hybridized carbons (Fsp3) is 0.526. The van der Waals surface area contributed by atoms with Crippen LogP contribution in [0.2, 0.25) is 0 Å². The molecule has 2 atom stereocenters. The van der Waals surface area contributed by atoms with Gasteiger partial charge in [-0.05, 0) is 30.4 Å². The minimum atomic E-state index is -3.14. The zero-order valence-electron chi connectivity index (χ0n) is 15.6. The Morgan fingerprint density at radius 1 is 1.33 bits per heavy atom. The molecule has 2 aliphatic rings. The summed E-state index contributed by atoms with van der Waals surface area (Å²) >= 11 is 0. The van der Waals surface area contributed by atoms with Crippen molar-refractivity contribution in [1.82, 2.24) is 5.01 Å². The van der Waals surface area contributed by atoms with Crippen molar-refractivity contribution >= 4 is 33.1 Å². The first-order valence-electron chi connectivity index (χ1n) is 9.31. The molecule has 0 aliphatic carbocycles. The van der Waals surface area contributed by atoms with Gasteiger partial charge in [0, 0.05) is 18.5 Å². The lowest BCUT2D eigenvalue weighted by Crippen LogP contribution is -2.42. The topological polar surface area (TPSA) is 95.9 Å². The smallest absolute Gasteiger partial charge is 0.271 e. The Morgan fingerprint density at radius 3 is 2.74 bits per heavy atom. The minimum absolute atomic E-state index is 0.0563. The second kappa shape index (κ2) is 7.80. The van der Waals surface area contributed by atoms with Crippen LogP contribution in [0.4, 0.5) is 5.69 Å². The van der Waals surface area contributed by atoms with Crippen molar-refractivity contribution in [1.29, 1.82) is 0 Å². The molecule has 0 bridgehead atoms. The van der Waals surface area contributed by atoms with Crippen molar-refractivity contribution in [2.24, 2.45) is 5.10 Å². The molecule has 0 spiro atoms. The number of hydrogen-bond acceptors (Lipinski definition) is 5. The van der Waals surface area contributed by atoms with Crippen LogP contribution in [-0.4, -0.2) is 48.5 Å². The lowest BCUT2D eigenvalue weighted by Gasteiger charge is -2.27. The van der Waals surface area contributed by atoms with E-state index in [0.717, 1.165) is 17.7 Å². The highest BCUT2D eigenvalue weighted by molar-refractivity contribution is 7.91. The lowest BCUT2D eigenvalue weighted by molar-refractivity contribution is -0.133. The van der Waals surface area contributed by atoms with Crippen molar-refractivity contribution in [3.05, 3.63) is 29.8 Å². The van der Waals surface area contributed by atoms with Crippen LogP contribution < -0.4 is 5.32 Å². The van der Waals surface area contributed by atoms with Crippen LogP contribution in [0.15, 0.2) is 29.4 Å². The summed E-state index contributed by atoms with van der Waals surface area (Å²) in [4.78, 5) is 24.9. The number of amides is 2. The summed E-state index contributed by atoms with van der Waals surface area (Å²) in [5, 5.41) is 8.35. The number of benzene rings is 1. The van der Waals surface area contributed by atoms with E-state index in [2.05, 4.69) is 24.3 Å². The average molecular weight is 391 g/mol. The first-order valence-corrected chi connectivity index (χ1v) is 11.1. The Labute approximate surface area is 159 Å². The first kappa shape index (κ1) is 19.5. The molecular weight excluding hydrogens is 366 g/mol. The number of carbonyl (C=O) groups is 2. The maximum atomic E-state index is 12.7. The van der Waals surface area contributed by atoms with E-state index in [4.69, 9.17) is 0 Å². The standard InChI is InChI=1S/C19H25N3O4S/c1-3-13(2)15-6-4-5-7-16(15)20-19(24)17-8-9-18(23)22(21-17)14-10-11-27(25,26)12-14/h4-7,13-14H,3,8-12H2,1-2H3,(H,20,24)/t13-,14+/m1/s1. The maximum absolute atomic E-state index is 12.7. The molecule has 2 amide bonds. The monoisotopic (exact) mass is 391 g/mol. The minimum Gasteiger partial charge on any atom is -0.321 e. The van der Waals surface area contributed by atoms with E-state index in [9.17, 15) is 18.0 Å². The molecular formula is C19H25N3O4S. The highest BCUT2D eigenvalue weighted by Gasteiger charge is 2.37. The maximum Gasteiger partial charge on any atom is 0.271 e. The van der Waals surface area contributed by atoms with E-state index >= 15 is 0 Å². The molecule has 27 heavy (non-hydrogen) atoms. The second-order valence-electron chi connectivity index (χ2n) is 7.19. The summed E-state index contributed by atoms with van der Waals surface area (Å²) in [6.45, 7) is 4.19. The summed E-state index contributed by atoms with van der Waals surface area (Å²) in [5.41, 5.74) is 2.06. The number of nitrogens with one attached hydrogen (secondary N) is 1. The largest absolute Gasteiger partial charge is 0.321 e. The molecule has 0 aromatic heterocycles. The summed E-state index contributed by atoms with van der Waals surface area (Å²) in [6, 6.07) is 7.18. The molecule has 0 saturated carbocycles. The number of hydrogen-bond donors (Lipinski definition) is 1. The van der Waals surface area contributed by atoms with Gasteiger partial charge in [0.05, 0.1) is 17.5 Å². The fourth-order valence-corrected chi connectivity index (χ4v) is 5.14. The Balaban J connectivity index is 1.79. The molecule has 1 fully saturated rings. The van der Waals surface area contributed by atoms with Crippen molar-refractivity contribution < 1.29 is 18.0 Å². The van der Waals surface area contributed by atoms with Crippen molar-refractivity contribution in [2.45, 2.75) is 51.5 Å². The van der Waals surface area contributed by atoms with Gasteiger partial charge in [-0.15, -0.1) is 0 Å². The molecule has 1 N–H and O–H groups in total. The van der Waals surface area contributed by atoms with Gasteiger partial charge < -0.3 is 5.32 Å². The number of nitrogens with zero attached hydrogens (tertiary/aromatic N) is 2. The zero-order chi connectivity index (χ0) is 19.6. The number of para-hydroxylation sites is 1. The average Bonchev–Trinajstić information content (AvgIpc) is 3.01. The van der Waals surface area contributed by atoms with Gasteiger partial charge in [-0.3, -0.25) is 9.59 Å². The normalized spacial score (nSPS) is 23.0. The fourth-order valence-electron chi connectivity index (χ4n) is 3.44. The van der Waals surface area contributed by atoms with Gasteiger partial charge in [-0.1, -0.05) is 32.0 Å². The summed E-state index contributed by atoms with van der Waals surface area (Å²) in [6.07, 6.45) is 1.73. The van der Waals surface area contributed by atoms with Crippen LogP contribution >= 0.6 is 0 Å². The van der Waals surface area contributed by atoms with Gasteiger partial charge in [-0.25, -0.2) is 13.4 Å². The molecule has 2 aliphatic heterocycles. The first-order chi connectivity index (χ1) is 12.8. The Bertz CT molecular complexity index is 879. The molecule has 146 valence electrons. The molecule has 1 aromatic rings. The van der Waals surface area contributed by atoms with Crippen LogP contribution in [0, 0.1) is 0 Å². The zero-order valence-corrected chi connectivity index (χ0v) is 16.5. The van der Waals surface area contributed by atoms with Crippen LogP contribution in [0.5, 0.6) is 0 Å². The van der Waals surface area contributed by atoms with E-state index < -0.39 is 15.9 Å². The molecule has 7 nitrogen and oxygen atoms in total. The van der Waals surface area contributed by atoms with Gasteiger partial charge in [0.2, 0.25) is 5.91 Å². The van der Waals surface area contributed by atoms with Crippen LogP contribution in [0.25, 0.3) is 0 Å². The van der Waals surface area contributed by atoms with Gasteiger partial charge in [0.1, 0.15) is 5.71 Å². The number of anilines is 1. The predicted octanol–water partition coefficient (Wildman–Crippen LogP) is 2.30. The molecule has 3 rings (SSSR count). The van der Waals surface area contributed by atoms with E-state index in [-0.39, 0.29) is 41.9 Å². The quantitative estimate of drug-likeness (QED) is 0.833. The number of rotatable bonds is 5. The van der Waals surface area contributed by atoms with E-state index in [1.54, 1.807) is 0 Å². The number of hydrazone groups is 1. The lowest BCUT2D eigenvalue weighted by atomic mass is 9.96. The third-order valence-corrected chi connectivity index (χ3v) is 6.98. The summed E-state index contributed by atoms with van der Waals surface area (Å²) < 4.78 is 23.4. The van der Waals surface area contributed by atoms with Crippen LogP contribution in [0.1, 0.15) is 51.0 Å². The molecule has 2 heterocycles. The molecule has 1 saturated heterocycles. The number of sulfone groups is 1. The Hall–Kier alpha value is -2.22. The SMILES string of the molecule is CC[C@@H](C)c1ccccc1NC(=O)C1=NN([C@H]2CCS(=O)(=O)C2)C(=O)CC1. The third kappa shape index (κ3) is 4.37. The Morgan fingerprint density at radius 2 is 2.07 bits per heavy atom. The number of carbonyl (C=O) groups excluding carboxylic acids is 2.